The number of hydrogen-bond donors (Lipinski definition) is 4. The molecule has 0 saturated heterocycles. The standard InChI is InChI=1S/C29H35NO5/c1-5-6-22-17-23(29(33)34)9-12-26(22)24-15-18(2)28(19(3)16-24)35-14-13-30-20(4)27(32)21-7-10-25(31)11-8-21/h7-12,15-17,20,27,30-32H,5-6,13-14H2,1-4H3,(H,33,34)/t20-,27+/m1/s1. The first-order chi connectivity index (χ1) is 16.7. The second kappa shape index (κ2) is 11.9. The molecular formula is C29H35NO5. The number of ether oxygens (including phenoxy) is 1. The third-order valence-corrected chi connectivity index (χ3v) is 6.17. The summed E-state index contributed by atoms with van der Waals surface area (Å²) < 4.78 is 6.08. The zero-order valence-corrected chi connectivity index (χ0v) is 20.8. The van der Waals surface area contributed by atoms with E-state index < -0.39 is 12.1 Å². The van der Waals surface area contributed by atoms with Gasteiger partial charge < -0.3 is 25.4 Å². The highest BCUT2D eigenvalue weighted by molar-refractivity contribution is 5.89. The number of carbonyl (C=O) groups is 1. The molecule has 4 N–H and O–H groups in total. The summed E-state index contributed by atoms with van der Waals surface area (Å²) >= 11 is 0. The van der Waals surface area contributed by atoms with Crippen molar-refractivity contribution in [3.63, 3.8) is 0 Å². The number of aromatic hydroxyl groups is 1. The number of hydrogen-bond acceptors (Lipinski definition) is 5. The van der Waals surface area contributed by atoms with Crippen LogP contribution < -0.4 is 10.1 Å². The Morgan fingerprint density at radius 2 is 1.69 bits per heavy atom. The molecule has 35 heavy (non-hydrogen) atoms. The minimum atomic E-state index is -0.913. The van der Waals surface area contributed by atoms with E-state index >= 15 is 0 Å². The lowest BCUT2D eigenvalue weighted by atomic mass is 9.92. The molecule has 0 amide bonds. The highest BCUT2D eigenvalue weighted by atomic mass is 16.5. The Morgan fingerprint density at radius 3 is 2.29 bits per heavy atom. The molecule has 186 valence electrons. The van der Waals surface area contributed by atoms with Crippen molar-refractivity contribution in [1.82, 2.24) is 5.32 Å². The lowest BCUT2D eigenvalue weighted by Crippen LogP contribution is -2.35. The number of rotatable bonds is 11. The van der Waals surface area contributed by atoms with Crippen molar-refractivity contribution in [3.05, 3.63) is 82.4 Å². The summed E-state index contributed by atoms with van der Waals surface area (Å²) in [5.41, 5.74) is 6.21. The van der Waals surface area contributed by atoms with Crippen LogP contribution in [0.2, 0.25) is 0 Å². The van der Waals surface area contributed by atoms with Crippen LogP contribution in [-0.4, -0.2) is 40.5 Å². The van der Waals surface area contributed by atoms with Gasteiger partial charge in [0.15, 0.2) is 0 Å². The van der Waals surface area contributed by atoms with Crippen LogP contribution in [0.15, 0.2) is 54.6 Å². The maximum absolute atomic E-state index is 11.4. The van der Waals surface area contributed by atoms with Crippen LogP contribution in [0.5, 0.6) is 11.5 Å². The first kappa shape index (κ1) is 26.3. The maximum Gasteiger partial charge on any atom is 0.335 e. The Hall–Kier alpha value is -3.35. The predicted octanol–water partition coefficient (Wildman–Crippen LogP) is 5.42. The van der Waals surface area contributed by atoms with Crippen LogP contribution in [0.4, 0.5) is 0 Å². The summed E-state index contributed by atoms with van der Waals surface area (Å²) in [5.74, 6) is 0.0931. The second-order valence-corrected chi connectivity index (χ2v) is 8.99. The van der Waals surface area contributed by atoms with Gasteiger partial charge in [-0.05, 0) is 97.0 Å². The van der Waals surface area contributed by atoms with Gasteiger partial charge in [0.25, 0.3) is 0 Å². The second-order valence-electron chi connectivity index (χ2n) is 8.99. The van der Waals surface area contributed by atoms with E-state index in [1.807, 2.05) is 26.8 Å². The molecule has 0 heterocycles. The summed E-state index contributed by atoms with van der Waals surface area (Å²) in [6.07, 6.45) is 1.05. The van der Waals surface area contributed by atoms with Crippen LogP contribution in [-0.2, 0) is 6.42 Å². The number of aliphatic hydroxyl groups is 1. The number of aromatic carboxylic acids is 1. The molecule has 2 atom stereocenters. The summed E-state index contributed by atoms with van der Waals surface area (Å²) in [5, 5.41) is 32.6. The van der Waals surface area contributed by atoms with E-state index in [0.717, 1.165) is 52.0 Å². The Balaban J connectivity index is 1.65. The van der Waals surface area contributed by atoms with Gasteiger partial charge in [-0.1, -0.05) is 31.5 Å². The number of phenols is 1. The van der Waals surface area contributed by atoms with Gasteiger partial charge in [-0.25, -0.2) is 4.79 Å². The van der Waals surface area contributed by atoms with Gasteiger partial charge in [-0.3, -0.25) is 0 Å². The van der Waals surface area contributed by atoms with Crippen LogP contribution in [0.25, 0.3) is 11.1 Å². The molecule has 6 heteroatoms. The summed E-state index contributed by atoms with van der Waals surface area (Å²) in [6, 6.07) is 15.9. The van der Waals surface area contributed by atoms with Gasteiger partial charge in [0, 0.05) is 12.6 Å². The molecule has 0 aliphatic carbocycles. The SMILES string of the molecule is CCCc1cc(C(=O)O)ccc1-c1cc(C)c(OCCN[C@H](C)[C@H](O)c2ccc(O)cc2)c(C)c1. The molecule has 0 aliphatic rings. The Kier molecular flexibility index (Phi) is 8.90. The van der Waals surface area contributed by atoms with Crippen molar-refractivity contribution in [2.24, 2.45) is 0 Å². The number of carboxylic acid groups (broad SMARTS) is 1. The minimum Gasteiger partial charge on any atom is -0.508 e. The van der Waals surface area contributed by atoms with Crippen molar-refractivity contribution in [2.45, 2.75) is 52.7 Å². The number of phenolic OH excluding ortho intramolecular Hbond substituents is 1. The molecule has 0 aromatic heterocycles. The highest BCUT2D eigenvalue weighted by Gasteiger charge is 2.16. The summed E-state index contributed by atoms with van der Waals surface area (Å²) in [6.45, 7) is 9.04. The Labute approximate surface area is 207 Å². The van der Waals surface area contributed by atoms with Gasteiger partial charge >= 0.3 is 5.97 Å². The molecule has 3 aromatic rings. The highest BCUT2D eigenvalue weighted by Crippen LogP contribution is 2.33. The van der Waals surface area contributed by atoms with E-state index in [1.54, 1.807) is 36.4 Å². The first-order valence-corrected chi connectivity index (χ1v) is 12.0. The van der Waals surface area contributed by atoms with Crippen LogP contribution in [0.1, 0.15) is 59.0 Å². The molecule has 0 spiro atoms. The van der Waals surface area contributed by atoms with E-state index in [2.05, 4.69) is 24.4 Å². The number of benzene rings is 3. The molecule has 0 radical (unpaired) electrons. The fourth-order valence-corrected chi connectivity index (χ4v) is 4.33. The molecule has 3 aromatic carbocycles. The van der Waals surface area contributed by atoms with E-state index in [-0.39, 0.29) is 11.8 Å². The van der Waals surface area contributed by atoms with Gasteiger partial charge in [0.05, 0.1) is 11.7 Å². The van der Waals surface area contributed by atoms with Gasteiger partial charge in [0.1, 0.15) is 18.1 Å². The van der Waals surface area contributed by atoms with Crippen molar-refractivity contribution < 1.29 is 24.9 Å². The lowest BCUT2D eigenvalue weighted by molar-refractivity contribution is 0.0696. The van der Waals surface area contributed by atoms with Crippen LogP contribution in [0, 0.1) is 13.8 Å². The fraction of sp³-hybridized carbons (Fsp3) is 0.345. The Morgan fingerprint density at radius 1 is 1.03 bits per heavy atom. The van der Waals surface area contributed by atoms with Gasteiger partial charge in [0.2, 0.25) is 0 Å². The van der Waals surface area contributed by atoms with Crippen molar-refractivity contribution >= 4 is 5.97 Å². The topological polar surface area (TPSA) is 99.0 Å². The largest absolute Gasteiger partial charge is 0.508 e. The third-order valence-electron chi connectivity index (χ3n) is 6.17. The number of aliphatic hydroxyl groups excluding tert-OH is 1. The summed E-state index contributed by atoms with van der Waals surface area (Å²) in [7, 11) is 0. The minimum absolute atomic E-state index is 0.172. The summed E-state index contributed by atoms with van der Waals surface area (Å²) in [4.78, 5) is 11.4. The molecule has 0 saturated carbocycles. The number of aryl methyl sites for hydroxylation is 3. The number of nitrogens with one attached hydrogen (secondary N) is 1. The zero-order chi connectivity index (χ0) is 25.5. The predicted molar refractivity (Wildman–Crippen MR) is 138 cm³/mol. The monoisotopic (exact) mass is 477 g/mol. The van der Waals surface area contributed by atoms with Crippen LogP contribution in [0.3, 0.4) is 0 Å². The molecule has 0 aliphatic heterocycles. The molecule has 0 unspecified atom stereocenters. The van der Waals surface area contributed by atoms with Crippen molar-refractivity contribution in [1.29, 1.82) is 0 Å². The molecule has 0 fully saturated rings. The fourth-order valence-electron chi connectivity index (χ4n) is 4.33. The van der Waals surface area contributed by atoms with E-state index in [4.69, 9.17) is 4.74 Å². The molecule has 3 rings (SSSR count). The van der Waals surface area contributed by atoms with Crippen molar-refractivity contribution in [3.8, 4) is 22.6 Å². The van der Waals surface area contributed by atoms with E-state index in [9.17, 15) is 20.1 Å². The number of carboxylic acids is 1. The Bertz CT molecular complexity index is 1130. The maximum atomic E-state index is 11.4. The van der Waals surface area contributed by atoms with E-state index in [1.165, 1.54) is 0 Å². The quantitative estimate of drug-likeness (QED) is 0.275. The van der Waals surface area contributed by atoms with Gasteiger partial charge in [-0.2, -0.15) is 0 Å². The van der Waals surface area contributed by atoms with Gasteiger partial charge in [-0.15, -0.1) is 0 Å². The molecular weight excluding hydrogens is 442 g/mol. The normalized spacial score (nSPS) is 12.8. The zero-order valence-electron chi connectivity index (χ0n) is 20.8. The van der Waals surface area contributed by atoms with E-state index in [0.29, 0.717) is 18.7 Å². The third kappa shape index (κ3) is 6.62. The first-order valence-electron chi connectivity index (χ1n) is 12.0. The van der Waals surface area contributed by atoms with Crippen LogP contribution >= 0.6 is 0 Å². The lowest BCUT2D eigenvalue weighted by Gasteiger charge is -2.21. The molecule has 6 nitrogen and oxygen atoms in total. The smallest absolute Gasteiger partial charge is 0.335 e. The molecule has 0 bridgehead atoms. The average molecular weight is 478 g/mol. The average Bonchev–Trinajstić information content (AvgIpc) is 2.83. The van der Waals surface area contributed by atoms with Crippen molar-refractivity contribution in [2.75, 3.05) is 13.2 Å².